The molecule has 0 amide bonds. The number of likely N-dealkylation sites (N-methyl/N-ethyl adjacent to an activating group) is 1. The van der Waals surface area contributed by atoms with Gasteiger partial charge in [0, 0.05) is 6.04 Å². The molecule has 0 aliphatic rings. The van der Waals surface area contributed by atoms with Crippen molar-refractivity contribution >= 4 is 0 Å². The Kier molecular flexibility index (Phi) is 4.97. The predicted octanol–water partition coefficient (Wildman–Crippen LogP) is 4.51. The van der Waals surface area contributed by atoms with Gasteiger partial charge in [-0.1, -0.05) is 55.0 Å². The topological polar surface area (TPSA) is 12.0 Å². The number of aryl methyl sites for hydroxylation is 2. The Morgan fingerprint density at radius 2 is 1.75 bits per heavy atom. The van der Waals surface area contributed by atoms with Crippen molar-refractivity contribution in [3.63, 3.8) is 0 Å². The summed E-state index contributed by atoms with van der Waals surface area (Å²) in [4.78, 5) is 0. The molecule has 0 saturated carbocycles. The smallest absolute Gasteiger partial charge is 0.0363 e. The molecule has 2 aromatic rings. The van der Waals surface area contributed by atoms with Gasteiger partial charge in [-0.25, -0.2) is 0 Å². The van der Waals surface area contributed by atoms with Gasteiger partial charge in [0.15, 0.2) is 0 Å². The van der Waals surface area contributed by atoms with Crippen LogP contribution in [0.3, 0.4) is 0 Å². The molecule has 1 nitrogen and oxygen atoms in total. The minimum Gasteiger partial charge on any atom is -0.310 e. The van der Waals surface area contributed by atoms with E-state index < -0.39 is 0 Å². The van der Waals surface area contributed by atoms with E-state index in [1.54, 1.807) is 0 Å². The van der Waals surface area contributed by atoms with Gasteiger partial charge in [0.1, 0.15) is 0 Å². The van der Waals surface area contributed by atoms with Crippen LogP contribution in [-0.2, 0) is 6.42 Å². The number of nitrogens with one attached hydrogen (secondary N) is 1. The average Bonchev–Trinajstić information content (AvgIpc) is 2.42. The molecular weight excluding hydrogens is 242 g/mol. The average molecular weight is 267 g/mol. The van der Waals surface area contributed by atoms with E-state index >= 15 is 0 Å². The van der Waals surface area contributed by atoms with Crippen molar-refractivity contribution < 1.29 is 0 Å². The lowest BCUT2D eigenvalue weighted by Gasteiger charge is -2.22. The van der Waals surface area contributed by atoms with Gasteiger partial charge in [-0.3, -0.25) is 0 Å². The number of rotatable bonds is 5. The quantitative estimate of drug-likeness (QED) is 0.840. The third-order valence-electron chi connectivity index (χ3n) is 3.99. The van der Waals surface area contributed by atoms with Gasteiger partial charge in [0.2, 0.25) is 0 Å². The second-order valence-electron chi connectivity index (χ2n) is 5.59. The molecule has 0 saturated heterocycles. The van der Waals surface area contributed by atoms with Crippen molar-refractivity contribution in [2.24, 2.45) is 0 Å². The fraction of sp³-hybridized carbons (Fsp3) is 0.368. The normalized spacial score (nSPS) is 12.4. The molecule has 0 spiro atoms. The van der Waals surface area contributed by atoms with E-state index in [0.29, 0.717) is 6.04 Å². The first-order chi connectivity index (χ1) is 9.61. The maximum Gasteiger partial charge on any atom is 0.0363 e. The van der Waals surface area contributed by atoms with Crippen LogP contribution < -0.4 is 5.32 Å². The lowest BCUT2D eigenvalue weighted by atomic mass is 9.92. The van der Waals surface area contributed by atoms with Crippen LogP contribution in [0.25, 0.3) is 0 Å². The Morgan fingerprint density at radius 3 is 2.45 bits per heavy atom. The van der Waals surface area contributed by atoms with Gasteiger partial charge in [-0.15, -0.1) is 0 Å². The fourth-order valence-corrected chi connectivity index (χ4v) is 2.76. The molecule has 1 unspecified atom stereocenters. The van der Waals surface area contributed by atoms with Crippen LogP contribution in [0, 0.1) is 20.8 Å². The molecule has 1 atom stereocenters. The summed E-state index contributed by atoms with van der Waals surface area (Å²) in [6, 6.07) is 15.8. The molecule has 20 heavy (non-hydrogen) atoms. The Balaban J connectivity index is 2.29. The summed E-state index contributed by atoms with van der Waals surface area (Å²) in [5.41, 5.74) is 6.93. The Bertz CT molecular complexity index is 572. The van der Waals surface area contributed by atoms with Crippen LogP contribution in [0.1, 0.15) is 40.8 Å². The van der Waals surface area contributed by atoms with Crippen LogP contribution in [0.4, 0.5) is 0 Å². The van der Waals surface area contributed by atoms with Crippen molar-refractivity contribution in [2.75, 3.05) is 6.54 Å². The maximum absolute atomic E-state index is 3.63. The molecule has 0 radical (unpaired) electrons. The molecule has 0 aliphatic carbocycles. The second-order valence-corrected chi connectivity index (χ2v) is 5.59. The summed E-state index contributed by atoms with van der Waals surface area (Å²) in [5.74, 6) is 0. The Hall–Kier alpha value is -1.60. The Labute approximate surface area is 123 Å². The summed E-state index contributed by atoms with van der Waals surface area (Å²) in [7, 11) is 0. The summed E-state index contributed by atoms with van der Waals surface area (Å²) in [6.45, 7) is 9.74. The predicted molar refractivity (Wildman–Crippen MR) is 87.2 cm³/mol. The molecule has 0 heterocycles. The zero-order valence-electron chi connectivity index (χ0n) is 13.0. The SMILES string of the molecule is CCNC(Cc1cccc(C)c1)c1cccc(C)c1C. The molecule has 2 aromatic carbocycles. The standard InChI is InChI=1S/C19H25N/c1-5-20-19(13-17-10-6-8-14(2)12-17)18-11-7-9-15(3)16(18)4/h6-12,19-20H,5,13H2,1-4H3. The van der Waals surface area contributed by atoms with Crippen molar-refractivity contribution in [1.29, 1.82) is 0 Å². The molecule has 1 heteroatoms. The molecule has 0 aromatic heterocycles. The highest BCUT2D eigenvalue weighted by molar-refractivity contribution is 5.36. The number of benzene rings is 2. The zero-order chi connectivity index (χ0) is 14.5. The molecule has 0 aliphatic heterocycles. The molecular formula is C19H25N. The van der Waals surface area contributed by atoms with E-state index in [1.807, 2.05) is 0 Å². The van der Waals surface area contributed by atoms with Crippen molar-refractivity contribution in [3.8, 4) is 0 Å². The minimum absolute atomic E-state index is 0.390. The second kappa shape index (κ2) is 6.71. The van der Waals surface area contributed by atoms with Crippen molar-refractivity contribution in [2.45, 2.75) is 40.2 Å². The van der Waals surface area contributed by atoms with E-state index in [1.165, 1.54) is 27.8 Å². The van der Waals surface area contributed by atoms with Gasteiger partial charge < -0.3 is 5.32 Å². The van der Waals surface area contributed by atoms with E-state index in [0.717, 1.165) is 13.0 Å². The van der Waals surface area contributed by atoms with Gasteiger partial charge in [0.05, 0.1) is 0 Å². The van der Waals surface area contributed by atoms with Crippen LogP contribution in [-0.4, -0.2) is 6.54 Å². The highest BCUT2D eigenvalue weighted by atomic mass is 14.9. The zero-order valence-corrected chi connectivity index (χ0v) is 13.0. The number of hydrogen-bond donors (Lipinski definition) is 1. The lowest BCUT2D eigenvalue weighted by molar-refractivity contribution is 0.547. The summed E-state index contributed by atoms with van der Waals surface area (Å²) < 4.78 is 0. The summed E-state index contributed by atoms with van der Waals surface area (Å²) in [6.07, 6.45) is 1.04. The first-order valence-electron chi connectivity index (χ1n) is 7.47. The molecule has 1 N–H and O–H groups in total. The largest absolute Gasteiger partial charge is 0.310 e. The summed E-state index contributed by atoms with van der Waals surface area (Å²) in [5, 5.41) is 3.63. The van der Waals surface area contributed by atoms with Gasteiger partial charge >= 0.3 is 0 Å². The monoisotopic (exact) mass is 267 g/mol. The Morgan fingerprint density at radius 1 is 1.00 bits per heavy atom. The first kappa shape index (κ1) is 14.8. The minimum atomic E-state index is 0.390. The molecule has 0 bridgehead atoms. The third-order valence-corrected chi connectivity index (χ3v) is 3.99. The van der Waals surface area contributed by atoms with E-state index in [-0.39, 0.29) is 0 Å². The number of hydrogen-bond acceptors (Lipinski definition) is 1. The highest BCUT2D eigenvalue weighted by Crippen LogP contribution is 2.24. The van der Waals surface area contributed by atoms with Crippen molar-refractivity contribution in [3.05, 3.63) is 70.3 Å². The van der Waals surface area contributed by atoms with Crippen LogP contribution in [0.15, 0.2) is 42.5 Å². The van der Waals surface area contributed by atoms with E-state index in [9.17, 15) is 0 Å². The molecule has 0 fully saturated rings. The van der Waals surface area contributed by atoms with Gasteiger partial charge in [-0.2, -0.15) is 0 Å². The van der Waals surface area contributed by atoms with Gasteiger partial charge in [0.25, 0.3) is 0 Å². The molecule has 106 valence electrons. The van der Waals surface area contributed by atoms with E-state index in [2.05, 4.69) is 75.5 Å². The van der Waals surface area contributed by atoms with Crippen LogP contribution in [0.2, 0.25) is 0 Å². The van der Waals surface area contributed by atoms with Crippen LogP contribution >= 0.6 is 0 Å². The first-order valence-corrected chi connectivity index (χ1v) is 7.47. The van der Waals surface area contributed by atoms with Gasteiger partial charge in [-0.05, 0) is 56.0 Å². The third kappa shape index (κ3) is 3.49. The molecule has 2 rings (SSSR count). The maximum atomic E-state index is 3.63. The summed E-state index contributed by atoms with van der Waals surface area (Å²) >= 11 is 0. The van der Waals surface area contributed by atoms with E-state index in [4.69, 9.17) is 0 Å². The van der Waals surface area contributed by atoms with Crippen LogP contribution in [0.5, 0.6) is 0 Å². The fourth-order valence-electron chi connectivity index (χ4n) is 2.76. The lowest BCUT2D eigenvalue weighted by Crippen LogP contribution is -2.24. The highest BCUT2D eigenvalue weighted by Gasteiger charge is 2.14. The van der Waals surface area contributed by atoms with Crippen molar-refractivity contribution in [1.82, 2.24) is 5.32 Å².